The van der Waals surface area contributed by atoms with Gasteiger partial charge in [-0.05, 0) is 42.0 Å². The van der Waals surface area contributed by atoms with Crippen molar-refractivity contribution in [3.8, 4) is 0 Å². The minimum atomic E-state index is -0.344. The molecule has 136 valence electrons. The van der Waals surface area contributed by atoms with E-state index in [1.54, 1.807) is 48.5 Å². The molecule has 2 N–H and O–H groups in total. The van der Waals surface area contributed by atoms with E-state index in [-0.39, 0.29) is 11.8 Å². The highest BCUT2D eigenvalue weighted by Crippen LogP contribution is 2.21. The van der Waals surface area contributed by atoms with Crippen LogP contribution in [0.5, 0.6) is 0 Å². The van der Waals surface area contributed by atoms with Gasteiger partial charge in [0.05, 0.1) is 10.7 Å². The van der Waals surface area contributed by atoms with E-state index in [1.165, 1.54) is 6.07 Å². The Morgan fingerprint density at radius 1 is 0.741 bits per heavy atom. The second-order valence-electron chi connectivity index (χ2n) is 5.79. The SMILES string of the molecule is O=C(NCc1ccccc1Cl)c1cccc(C(=O)Nc2ccccc2Cl)c1. The van der Waals surface area contributed by atoms with Gasteiger partial charge in [0.25, 0.3) is 11.8 Å². The number of halogens is 2. The first-order valence-corrected chi connectivity index (χ1v) is 8.98. The van der Waals surface area contributed by atoms with E-state index in [0.29, 0.717) is 33.4 Å². The van der Waals surface area contributed by atoms with E-state index in [9.17, 15) is 9.59 Å². The monoisotopic (exact) mass is 398 g/mol. The van der Waals surface area contributed by atoms with E-state index in [1.807, 2.05) is 18.2 Å². The molecule has 0 radical (unpaired) electrons. The summed E-state index contributed by atoms with van der Waals surface area (Å²) in [5.74, 6) is -0.633. The summed E-state index contributed by atoms with van der Waals surface area (Å²) >= 11 is 12.2. The van der Waals surface area contributed by atoms with E-state index in [4.69, 9.17) is 23.2 Å². The number of para-hydroxylation sites is 1. The fourth-order valence-electron chi connectivity index (χ4n) is 2.48. The summed E-state index contributed by atoms with van der Waals surface area (Å²) in [4.78, 5) is 24.9. The fourth-order valence-corrected chi connectivity index (χ4v) is 2.86. The summed E-state index contributed by atoms with van der Waals surface area (Å²) in [7, 11) is 0. The number of rotatable bonds is 5. The second-order valence-corrected chi connectivity index (χ2v) is 6.60. The van der Waals surface area contributed by atoms with Gasteiger partial charge in [-0.1, -0.05) is 59.6 Å². The highest BCUT2D eigenvalue weighted by atomic mass is 35.5. The van der Waals surface area contributed by atoms with Gasteiger partial charge in [0.15, 0.2) is 0 Å². The number of hydrogen-bond donors (Lipinski definition) is 2. The molecule has 0 heterocycles. The largest absolute Gasteiger partial charge is 0.348 e. The molecule has 6 heteroatoms. The third kappa shape index (κ3) is 4.88. The third-order valence-electron chi connectivity index (χ3n) is 3.91. The number of hydrogen-bond acceptors (Lipinski definition) is 2. The van der Waals surface area contributed by atoms with E-state index < -0.39 is 0 Å². The van der Waals surface area contributed by atoms with Crippen LogP contribution in [-0.2, 0) is 6.54 Å². The Morgan fingerprint density at radius 3 is 2.07 bits per heavy atom. The lowest BCUT2D eigenvalue weighted by Crippen LogP contribution is -2.23. The predicted molar refractivity (Wildman–Crippen MR) is 108 cm³/mol. The molecule has 2 amide bonds. The molecule has 0 atom stereocenters. The highest BCUT2D eigenvalue weighted by molar-refractivity contribution is 6.34. The molecule has 4 nitrogen and oxygen atoms in total. The van der Waals surface area contributed by atoms with Crippen LogP contribution in [0.15, 0.2) is 72.8 Å². The maximum absolute atomic E-state index is 12.4. The van der Waals surface area contributed by atoms with Gasteiger partial charge in [-0.3, -0.25) is 9.59 Å². The Morgan fingerprint density at radius 2 is 1.37 bits per heavy atom. The molecule has 0 aliphatic rings. The summed E-state index contributed by atoms with van der Waals surface area (Å²) in [5, 5.41) is 6.58. The zero-order valence-electron chi connectivity index (χ0n) is 14.2. The van der Waals surface area contributed by atoms with Crippen molar-refractivity contribution in [1.82, 2.24) is 5.32 Å². The molecule has 3 aromatic carbocycles. The number of amides is 2. The molecule has 0 fully saturated rings. The van der Waals surface area contributed by atoms with Crippen molar-refractivity contribution in [2.45, 2.75) is 6.54 Å². The Bertz CT molecular complexity index is 989. The quantitative estimate of drug-likeness (QED) is 0.622. The van der Waals surface area contributed by atoms with Gasteiger partial charge in [0, 0.05) is 22.7 Å². The van der Waals surface area contributed by atoms with E-state index in [2.05, 4.69) is 10.6 Å². The second kappa shape index (κ2) is 8.71. The molecule has 0 aliphatic carbocycles. The van der Waals surface area contributed by atoms with Crippen molar-refractivity contribution in [3.05, 3.63) is 99.5 Å². The van der Waals surface area contributed by atoms with Crippen molar-refractivity contribution < 1.29 is 9.59 Å². The Kier molecular flexibility index (Phi) is 6.12. The van der Waals surface area contributed by atoms with Gasteiger partial charge >= 0.3 is 0 Å². The Balaban J connectivity index is 1.69. The molecule has 0 aromatic heterocycles. The standard InChI is InChI=1S/C21H16Cl2N2O2/c22-17-9-2-1-6-16(17)13-24-20(26)14-7-5-8-15(12-14)21(27)25-19-11-4-3-10-18(19)23/h1-12H,13H2,(H,24,26)(H,25,27). The maximum atomic E-state index is 12.4. The molecule has 3 rings (SSSR count). The number of nitrogens with one attached hydrogen (secondary N) is 2. The average molecular weight is 399 g/mol. The van der Waals surface area contributed by atoms with Gasteiger partial charge in [0.1, 0.15) is 0 Å². The van der Waals surface area contributed by atoms with Crippen molar-refractivity contribution in [2.75, 3.05) is 5.32 Å². The summed E-state index contributed by atoms with van der Waals surface area (Å²) in [6.07, 6.45) is 0. The van der Waals surface area contributed by atoms with Crippen molar-refractivity contribution in [3.63, 3.8) is 0 Å². The molecule has 0 spiro atoms. The molecular weight excluding hydrogens is 383 g/mol. The van der Waals surface area contributed by atoms with Crippen LogP contribution in [0.4, 0.5) is 5.69 Å². The maximum Gasteiger partial charge on any atom is 0.255 e. The van der Waals surface area contributed by atoms with Crippen LogP contribution in [0.2, 0.25) is 10.0 Å². The lowest BCUT2D eigenvalue weighted by molar-refractivity contribution is 0.0951. The molecule has 0 aliphatic heterocycles. The fraction of sp³-hybridized carbons (Fsp3) is 0.0476. The van der Waals surface area contributed by atoms with Crippen LogP contribution in [0.1, 0.15) is 26.3 Å². The van der Waals surface area contributed by atoms with Gasteiger partial charge in [0.2, 0.25) is 0 Å². The zero-order chi connectivity index (χ0) is 19.2. The molecular formula is C21H16Cl2N2O2. The summed E-state index contributed by atoms with van der Waals surface area (Å²) in [6.45, 7) is 0.300. The number of carbonyl (C=O) groups excluding carboxylic acids is 2. The van der Waals surface area contributed by atoms with Crippen molar-refractivity contribution >= 4 is 40.7 Å². The van der Waals surface area contributed by atoms with Crippen LogP contribution >= 0.6 is 23.2 Å². The van der Waals surface area contributed by atoms with Crippen molar-refractivity contribution in [1.29, 1.82) is 0 Å². The summed E-state index contributed by atoms with van der Waals surface area (Å²) < 4.78 is 0. The first kappa shape index (κ1) is 19.0. The van der Waals surface area contributed by atoms with Crippen molar-refractivity contribution in [2.24, 2.45) is 0 Å². The molecule has 3 aromatic rings. The molecule has 0 saturated heterocycles. The van der Waals surface area contributed by atoms with Crippen LogP contribution < -0.4 is 10.6 Å². The van der Waals surface area contributed by atoms with Crippen LogP contribution in [0, 0.1) is 0 Å². The van der Waals surface area contributed by atoms with Crippen LogP contribution in [0.3, 0.4) is 0 Å². The Hall–Kier alpha value is -2.82. The van der Waals surface area contributed by atoms with Gasteiger partial charge < -0.3 is 10.6 Å². The minimum absolute atomic E-state index is 0.290. The van der Waals surface area contributed by atoms with Gasteiger partial charge in [-0.2, -0.15) is 0 Å². The molecule has 0 saturated carbocycles. The van der Waals surface area contributed by atoms with E-state index >= 15 is 0 Å². The number of anilines is 1. The summed E-state index contributed by atoms with van der Waals surface area (Å²) in [6, 6.07) is 20.7. The predicted octanol–water partition coefficient (Wildman–Crippen LogP) is 5.18. The normalized spacial score (nSPS) is 10.3. The minimum Gasteiger partial charge on any atom is -0.348 e. The smallest absolute Gasteiger partial charge is 0.255 e. The van der Waals surface area contributed by atoms with Gasteiger partial charge in [-0.15, -0.1) is 0 Å². The first-order valence-electron chi connectivity index (χ1n) is 8.22. The summed E-state index contributed by atoms with van der Waals surface area (Å²) in [5.41, 5.74) is 2.08. The third-order valence-corrected chi connectivity index (χ3v) is 4.60. The topological polar surface area (TPSA) is 58.2 Å². The van der Waals surface area contributed by atoms with E-state index in [0.717, 1.165) is 5.56 Å². The zero-order valence-corrected chi connectivity index (χ0v) is 15.7. The lowest BCUT2D eigenvalue weighted by atomic mass is 10.1. The average Bonchev–Trinajstić information content (AvgIpc) is 2.69. The lowest BCUT2D eigenvalue weighted by Gasteiger charge is -2.09. The number of benzene rings is 3. The van der Waals surface area contributed by atoms with Crippen LogP contribution in [0.25, 0.3) is 0 Å². The highest BCUT2D eigenvalue weighted by Gasteiger charge is 2.12. The van der Waals surface area contributed by atoms with Crippen LogP contribution in [-0.4, -0.2) is 11.8 Å². The molecule has 0 bridgehead atoms. The first-order chi connectivity index (χ1) is 13.0. The van der Waals surface area contributed by atoms with Gasteiger partial charge in [-0.25, -0.2) is 0 Å². The Labute approximate surface area is 167 Å². The number of carbonyl (C=O) groups is 2. The molecule has 27 heavy (non-hydrogen) atoms. The molecule has 0 unspecified atom stereocenters.